The van der Waals surface area contributed by atoms with Gasteiger partial charge in [-0.3, -0.25) is 14.8 Å². The monoisotopic (exact) mass is 682 g/mol. The zero-order chi connectivity index (χ0) is 34.5. The highest BCUT2D eigenvalue weighted by Gasteiger charge is 2.24. The van der Waals surface area contributed by atoms with E-state index < -0.39 is 0 Å². The number of carbonyl (C=O) groups excluding carboxylic acids is 1. The summed E-state index contributed by atoms with van der Waals surface area (Å²) in [6, 6.07) is 23.9. The van der Waals surface area contributed by atoms with Crippen LogP contribution in [0.2, 0.25) is 0 Å². The first-order valence-corrected chi connectivity index (χ1v) is 18.0. The van der Waals surface area contributed by atoms with Crippen molar-refractivity contribution in [1.82, 2.24) is 10.2 Å². The van der Waals surface area contributed by atoms with Gasteiger partial charge in [0, 0.05) is 36.6 Å². The first-order chi connectivity index (χ1) is 24.4. The minimum Gasteiger partial charge on any atom is -0.508 e. The minimum atomic E-state index is 0. The van der Waals surface area contributed by atoms with E-state index in [1.165, 1.54) is 63.4 Å². The summed E-state index contributed by atoms with van der Waals surface area (Å²) >= 11 is 0. The van der Waals surface area contributed by atoms with Gasteiger partial charge in [-0.1, -0.05) is 50.4 Å². The van der Waals surface area contributed by atoms with Crippen molar-refractivity contribution < 1.29 is 15.0 Å². The van der Waals surface area contributed by atoms with Crippen LogP contribution in [-0.4, -0.2) is 59.6 Å². The van der Waals surface area contributed by atoms with Gasteiger partial charge in [0.1, 0.15) is 11.5 Å². The molecule has 3 N–H and O–H groups in total. The molecule has 4 aliphatic heterocycles. The summed E-state index contributed by atoms with van der Waals surface area (Å²) in [5.41, 5.74) is 12.7. The molecule has 0 spiro atoms. The van der Waals surface area contributed by atoms with Crippen LogP contribution in [0.25, 0.3) is 22.3 Å². The Labute approximate surface area is 302 Å². The number of likely N-dealkylation sites (tertiary alicyclic amines) is 1. The highest BCUT2D eigenvalue weighted by molar-refractivity contribution is 5.89. The number of aromatic hydroxyl groups is 2. The molecule has 8 rings (SSSR count). The van der Waals surface area contributed by atoms with Crippen molar-refractivity contribution in [3.8, 4) is 33.8 Å². The molecule has 7 nitrogen and oxygen atoms in total. The van der Waals surface area contributed by atoms with Crippen molar-refractivity contribution in [1.29, 1.82) is 0 Å². The number of piperidine rings is 2. The topological polar surface area (TPSA) is 97.5 Å². The van der Waals surface area contributed by atoms with Gasteiger partial charge < -0.3 is 20.4 Å². The molecular weight excluding hydrogens is 633 g/mol. The van der Waals surface area contributed by atoms with E-state index in [0.717, 1.165) is 82.0 Å². The lowest BCUT2D eigenvalue weighted by Crippen LogP contribution is -2.37. The maximum absolute atomic E-state index is 11.8. The van der Waals surface area contributed by atoms with Crippen LogP contribution in [0.5, 0.6) is 11.5 Å². The Kier molecular flexibility index (Phi) is 11.5. The van der Waals surface area contributed by atoms with E-state index in [2.05, 4.69) is 46.1 Å². The molecule has 0 aliphatic carbocycles. The van der Waals surface area contributed by atoms with Crippen molar-refractivity contribution in [2.45, 2.75) is 59.0 Å². The normalized spacial score (nSPS) is 16.5. The second-order valence-electron chi connectivity index (χ2n) is 14.0. The SMILES string of the molecule is C.C=CC(=O)N1CCC(Cc2cc(-c3ccc(O)cc3)cc3c2C=NC3)CC1.Oc1ccc(-c2cc3c(c(CC4CCNCC4)c2)C=NC3)cc1. The van der Waals surface area contributed by atoms with Gasteiger partial charge in [-0.2, -0.15) is 0 Å². The summed E-state index contributed by atoms with van der Waals surface area (Å²) < 4.78 is 0. The van der Waals surface area contributed by atoms with Crippen LogP contribution in [-0.2, 0) is 30.7 Å². The quantitative estimate of drug-likeness (QED) is 0.172. The van der Waals surface area contributed by atoms with Gasteiger partial charge in [-0.05, 0) is 150 Å². The number of phenolic OH excluding ortho intramolecular Hbond substituents is 2. The van der Waals surface area contributed by atoms with Gasteiger partial charge in [0.25, 0.3) is 0 Å². The van der Waals surface area contributed by atoms with E-state index >= 15 is 0 Å². The molecule has 2 fully saturated rings. The Morgan fingerprint density at radius 1 is 0.706 bits per heavy atom. The number of benzene rings is 4. The predicted octanol–water partition coefficient (Wildman–Crippen LogP) is 8.13. The molecule has 1 amide bonds. The number of hydrogen-bond donors (Lipinski definition) is 3. The average molecular weight is 683 g/mol. The van der Waals surface area contributed by atoms with Crippen LogP contribution in [0.4, 0.5) is 0 Å². The number of phenols is 2. The molecule has 0 radical (unpaired) electrons. The standard InChI is InChI=1S/C23H24N2O2.C20H22N2O.CH4/c1-2-23(27)25-9-7-16(8-10-25)11-19-12-18(13-20-14-24-15-22(19)20)17-3-5-21(26)6-4-17;23-19-3-1-15(2-4-19)16-10-17(9-14-5-7-21-8-6-14)20-13-22-12-18(20)11-16;/h2-6,12-13,15-16,26H,1,7-11,14H2;1-4,10-11,13-14,21,23H,5-9,12H2;1H4. The maximum Gasteiger partial charge on any atom is 0.245 e. The number of amides is 1. The van der Waals surface area contributed by atoms with E-state index in [0.29, 0.717) is 11.7 Å². The molecule has 0 unspecified atom stereocenters. The fraction of sp³-hybridized carbons (Fsp3) is 0.341. The predicted molar refractivity (Wildman–Crippen MR) is 209 cm³/mol. The van der Waals surface area contributed by atoms with Crippen LogP contribution >= 0.6 is 0 Å². The second-order valence-corrected chi connectivity index (χ2v) is 14.0. The molecule has 4 aliphatic rings. The van der Waals surface area contributed by atoms with E-state index in [1.807, 2.05) is 41.6 Å². The number of hydrogen-bond acceptors (Lipinski definition) is 6. The molecule has 0 saturated carbocycles. The fourth-order valence-corrected chi connectivity index (χ4v) is 7.79. The number of carbonyl (C=O) groups is 1. The maximum atomic E-state index is 11.8. The number of fused-ring (bicyclic) bond motifs is 2. The Morgan fingerprint density at radius 3 is 1.61 bits per heavy atom. The average Bonchev–Trinajstić information content (AvgIpc) is 3.84. The van der Waals surface area contributed by atoms with Crippen LogP contribution in [0.3, 0.4) is 0 Å². The van der Waals surface area contributed by atoms with Gasteiger partial charge in [0.15, 0.2) is 0 Å². The molecule has 0 atom stereocenters. The van der Waals surface area contributed by atoms with Crippen molar-refractivity contribution in [2.75, 3.05) is 26.2 Å². The molecule has 4 aromatic carbocycles. The van der Waals surface area contributed by atoms with Crippen LogP contribution < -0.4 is 5.32 Å². The van der Waals surface area contributed by atoms with Crippen molar-refractivity contribution >= 4 is 18.3 Å². The van der Waals surface area contributed by atoms with Gasteiger partial charge in [0.05, 0.1) is 13.1 Å². The van der Waals surface area contributed by atoms with Crippen LogP contribution in [0, 0.1) is 11.8 Å². The third kappa shape index (κ3) is 8.49. The Bertz CT molecular complexity index is 1900. The van der Waals surface area contributed by atoms with Crippen LogP contribution in [0.15, 0.2) is 95.4 Å². The minimum absolute atomic E-state index is 0. The van der Waals surface area contributed by atoms with Gasteiger partial charge in [0.2, 0.25) is 5.91 Å². The van der Waals surface area contributed by atoms with E-state index in [-0.39, 0.29) is 19.1 Å². The van der Waals surface area contributed by atoms with Gasteiger partial charge in [-0.15, -0.1) is 0 Å². The molecule has 0 bridgehead atoms. The molecule has 0 aromatic heterocycles. The Balaban J connectivity index is 0.000000174. The van der Waals surface area contributed by atoms with Gasteiger partial charge >= 0.3 is 0 Å². The summed E-state index contributed by atoms with van der Waals surface area (Å²) in [5, 5.41) is 22.5. The molecule has 4 aromatic rings. The smallest absolute Gasteiger partial charge is 0.245 e. The van der Waals surface area contributed by atoms with Crippen molar-refractivity contribution in [2.24, 2.45) is 21.8 Å². The summed E-state index contributed by atoms with van der Waals surface area (Å²) in [6.45, 7) is 9.01. The van der Waals surface area contributed by atoms with E-state index in [9.17, 15) is 15.0 Å². The third-order valence-corrected chi connectivity index (χ3v) is 10.6. The number of nitrogens with zero attached hydrogens (tertiary/aromatic N) is 3. The lowest BCUT2D eigenvalue weighted by molar-refractivity contribution is -0.127. The lowest BCUT2D eigenvalue weighted by atomic mass is 9.86. The Morgan fingerprint density at radius 2 is 1.16 bits per heavy atom. The van der Waals surface area contributed by atoms with Crippen LogP contribution in [0.1, 0.15) is 66.5 Å². The highest BCUT2D eigenvalue weighted by atomic mass is 16.3. The summed E-state index contributed by atoms with van der Waals surface area (Å²) in [5.74, 6) is 1.98. The molecule has 7 heteroatoms. The van der Waals surface area contributed by atoms with Crippen molar-refractivity contribution in [3.63, 3.8) is 0 Å². The fourth-order valence-electron chi connectivity index (χ4n) is 7.79. The summed E-state index contributed by atoms with van der Waals surface area (Å²) in [7, 11) is 0. The largest absolute Gasteiger partial charge is 0.508 e. The van der Waals surface area contributed by atoms with E-state index in [4.69, 9.17) is 0 Å². The molecular formula is C44H50N4O3. The first-order valence-electron chi connectivity index (χ1n) is 18.0. The number of rotatable bonds is 7. The highest BCUT2D eigenvalue weighted by Crippen LogP contribution is 2.33. The zero-order valence-electron chi connectivity index (χ0n) is 28.7. The summed E-state index contributed by atoms with van der Waals surface area (Å²) in [4.78, 5) is 22.6. The summed E-state index contributed by atoms with van der Waals surface area (Å²) in [6.07, 6.45) is 12.2. The molecule has 4 heterocycles. The van der Waals surface area contributed by atoms with E-state index in [1.54, 1.807) is 24.3 Å². The Hall–Kier alpha value is -5.01. The lowest BCUT2D eigenvalue weighted by Gasteiger charge is -2.31. The second kappa shape index (κ2) is 16.3. The molecule has 51 heavy (non-hydrogen) atoms. The van der Waals surface area contributed by atoms with Crippen molar-refractivity contribution in [3.05, 3.63) is 119 Å². The number of aliphatic imine (C=N–C) groups is 2. The first kappa shape index (κ1) is 35.8. The third-order valence-electron chi connectivity index (χ3n) is 10.6. The molecule has 2 saturated heterocycles. The zero-order valence-corrected chi connectivity index (χ0v) is 28.7. The molecule has 264 valence electrons. The van der Waals surface area contributed by atoms with Gasteiger partial charge in [-0.25, -0.2) is 0 Å². The number of nitrogens with one attached hydrogen (secondary N) is 1.